The highest BCUT2D eigenvalue weighted by molar-refractivity contribution is 7.89. The third-order valence-electron chi connectivity index (χ3n) is 6.52. The van der Waals surface area contributed by atoms with Crippen molar-refractivity contribution in [3.8, 4) is 5.75 Å². The van der Waals surface area contributed by atoms with Gasteiger partial charge >= 0.3 is 0 Å². The third-order valence-corrected chi connectivity index (χ3v) is 8.43. The van der Waals surface area contributed by atoms with Crippen LogP contribution in [0.5, 0.6) is 5.75 Å². The topological polar surface area (TPSA) is 96.0 Å². The average molecular weight is 486 g/mol. The summed E-state index contributed by atoms with van der Waals surface area (Å²) in [5.74, 6) is 0.202. The summed E-state index contributed by atoms with van der Waals surface area (Å²) in [6.45, 7) is 2.91. The highest BCUT2D eigenvalue weighted by atomic mass is 32.2. The number of methoxy groups -OCH3 is 1. The molecule has 0 aliphatic carbocycles. The van der Waals surface area contributed by atoms with E-state index in [0.29, 0.717) is 51.1 Å². The number of nitrogens with zero attached hydrogens (tertiary/aromatic N) is 2. The molecule has 2 amide bonds. The third kappa shape index (κ3) is 4.95. The normalized spacial score (nSPS) is 20.9. The fraction of sp³-hybridized carbons (Fsp3) is 0.440. The van der Waals surface area contributed by atoms with Crippen LogP contribution in [0.1, 0.15) is 36.8 Å². The van der Waals surface area contributed by atoms with Crippen LogP contribution < -0.4 is 10.1 Å². The zero-order chi connectivity index (χ0) is 24.3. The minimum atomic E-state index is -3.80. The van der Waals surface area contributed by atoms with E-state index in [1.165, 1.54) is 4.31 Å². The molecule has 0 bridgehead atoms. The fourth-order valence-electron chi connectivity index (χ4n) is 4.77. The van der Waals surface area contributed by atoms with Gasteiger partial charge in [-0.15, -0.1) is 0 Å². The van der Waals surface area contributed by atoms with Crippen molar-refractivity contribution < 1.29 is 22.7 Å². The number of likely N-dealkylation sites (tertiary alicyclic amines) is 1. The fourth-order valence-corrected chi connectivity index (χ4v) is 6.53. The summed E-state index contributed by atoms with van der Waals surface area (Å²) in [4.78, 5) is 28.2. The molecule has 0 aromatic heterocycles. The maximum atomic E-state index is 13.5. The van der Waals surface area contributed by atoms with Crippen LogP contribution in [-0.2, 0) is 26.2 Å². The first kappa shape index (κ1) is 24.2. The standard InChI is InChI=1S/C25H31N3O5S/c1-18-7-3-10-21(15-18)34(31,32)28-14-6-12-23(28)25(30)27-13-5-11-22(27)24(29)26-17-19-8-4-9-20(16-19)33-2/h3-4,7-10,15-16,22-23H,5-6,11-14,17H2,1-2H3,(H,26,29)/t22-,23-/m1/s1. The number of nitrogens with one attached hydrogen (secondary N) is 1. The zero-order valence-electron chi connectivity index (χ0n) is 19.6. The molecule has 0 saturated carbocycles. The summed E-state index contributed by atoms with van der Waals surface area (Å²) >= 11 is 0. The largest absolute Gasteiger partial charge is 0.497 e. The molecule has 2 atom stereocenters. The Bertz CT molecular complexity index is 1170. The van der Waals surface area contributed by atoms with E-state index in [9.17, 15) is 18.0 Å². The number of hydrogen-bond acceptors (Lipinski definition) is 5. The van der Waals surface area contributed by atoms with Crippen LogP contribution >= 0.6 is 0 Å². The number of sulfonamides is 1. The van der Waals surface area contributed by atoms with E-state index in [1.807, 2.05) is 37.3 Å². The van der Waals surface area contributed by atoms with Crippen LogP contribution in [0.2, 0.25) is 0 Å². The van der Waals surface area contributed by atoms with Gasteiger partial charge in [-0.3, -0.25) is 9.59 Å². The van der Waals surface area contributed by atoms with E-state index in [0.717, 1.165) is 11.1 Å². The maximum Gasteiger partial charge on any atom is 0.243 e. The van der Waals surface area contributed by atoms with Crippen molar-refractivity contribution >= 4 is 21.8 Å². The van der Waals surface area contributed by atoms with Crippen LogP contribution in [0.15, 0.2) is 53.4 Å². The monoisotopic (exact) mass is 485 g/mol. The summed E-state index contributed by atoms with van der Waals surface area (Å²) in [7, 11) is -2.21. The van der Waals surface area contributed by atoms with Crippen molar-refractivity contribution in [3.63, 3.8) is 0 Å². The van der Waals surface area contributed by atoms with Gasteiger partial charge in [-0.05, 0) is 68.0 Å². The Morgan fingerprint density at radius 3 is 2.53 bits per heavy atom. The minimum Gasteiger partial charge on any atom is -0.497 e. The number of carbonyl (C=O) groups excluding carboxylic acids is 2. The molecule has 34 heavy (non-hydrogen) atoms. The first-order valence-corrected chi connectivity index (χ1v) is 13.0. The first-order valence-electron chi connectivity index (χ1n) is 11.6. The SMILES string of the molecule is COc1cccc(CNC(=O)[C@H]2CCCN2C(=O)[C@H]2CCCN2S(=O)(=O)c2cccc(C)c2)c1. The second kappa shape index (κ2) is 10.1. The first-order chi connectivity index (χ1) is 16.3. The highest BCUT2D eigenvalue weighted by Gasteiger charge is 2.44. The van der Waals surface area contributed by atoms with E-state index in [2.05, 4.69) is 5.32 Å². The predicted molar refractivity (Wildman–Crippen MR) is 128 cm³/mol. The van der Waals surface area contributed by atoms with E-state index in [1.54, 1.807) is 30.2 Å². The Morgan fingerprint density at radius 1 is 1.03 bits per heavy atom. The molecule has 4 rings (SSSR count). The summed E-state index contributed by atoms with van der Waals surface area (Å²) in [6, 6.07) is 12.8. The van der Waals surface area contributed by atoms with Crippen molar-refractivity contribution in [2.75, 3.05) is 20.2 Å². The van der Waals surface area contributed by atoms with Crippen LogP contribution in [0.4, 0.5) is 0 Å². The van der Waals surface area contributed by atoms with Gasteiger partial charge in [0.15, 0.2) is 0 Å². The van der Waals surface area contributed by atoms with Gasteiger partial charge in [-0.2, -0.15) is 4.31 Å². The summed E-state index contributed by atoms with van der Waals surface area (Å²) in [6.07, 6.45) is 2.34. The zero-order valence-corrected chi connectivity index (χ0v) is 20.4. The van der Waals surface area contributed by atoms with Crippen molar-refractivity contribution in [2.45, 2.75) is 56.1 Å². The number of ether oxygens (including phenoxy) is 1. The Hall–Kier alpha value is -2.91. The molecule has 2 aromatic carbocycles. The van der Waals surface area contributed by atoms with Crippen LogP contribution in [-0.4, -0.2) is 61.7 Å². The van der Waals surface area contributed by atoms with Crippen LogP contribution in [0, 0.1) is 6.92 Å². The van der Waals surface area contributed by atoms with E-state index in [4.69, 9.17) is 4.74 Å². The number of carbonyl (C=O) groups is 2. The Labute approximate surface area is 200 Å². The molecule has 0 spiro atoms. The molecule has 0 radical (unpaired) electrons. The average Bonchev–Trinajstić information content (AvgIpc) is 3.53. The molecule has 2 heterocycles. The molecule has 9 heteroatoms. The Morgan fingerprint density at radius 2 is 1.76 bits per heavy atom. The quantitative estimate of drug-likeness (QED) is 0.650. The number of amides is 2. The number of rotatable bonds is 7. The van der Waals surface area contributed by atoms with Gasteiger partial charge < -0.3 is 15.0 Å². The lowest BCUT2D eigenvalue weighted by atomic mass is 10.1. The van der Waals surface area contributed by atoms with E-state index >= 15 is 0 Å². The van der Waals surface area contributed by atoms with Crippen LogP contribution in [0.3, 0.4) is 0 Å². The lowest BCUT2D eigenvalue weighted by molar-refractivity contribution is -0.140. The molecule has 2 aliphatic rings. The molecule has 2 saturated heterocycles. The van der Waals surface area contributed by atoms with Gasteiger partial charge in [0.1, 0.15) is 17.8 Å². The molecule has 2 fully saturated rings. The Balaban J connectivity index is 1.46. The predicted octanol–water partition coefficient (Wildman–Crippen LogP) is 2.46. The van der Waals surface area contributed by atoms with Gasteiger partial charge in [-0.1, -0.05) is 24.3 Å². The molecule has 1 N–H and O–H groups in total. The van der Waals surface area contributed by atoms with Gasteiger partial charge in [0.2, 0.25) is 21.8 Å². The maximum absolute atomic E-state index is 13.5. The van der Waals surface area contributed by atoms with Crippen molar-refractivity contribution in [3.05, 3.63) is 59.7 Å². The van der Waals surface area contributed by atoms with Crippen molar-refractivity contribution in [1.82, 2.24) is 14.5 Å². The summed E-state index contributed by atoms with van der Waals surface area (Å²) in [5.41, 5.74) is 1.74. The Kier molecular flexibility index (Phi) is 7.23. The van der Waals surface area contributed by atoms with Gasteiger partial charge in [0, 0.05) is 19.6 Å². The number of hydrogen-bond donors (Lipinski definition) is 1. The molecule has 8 nitrogen and oxygen atoms in total. The van der Waals surface area contributed by atoms with Crippen molar-refractivity contribution in [1.29, 1.82) is 0 Å². The number of aryl methyl sites for hydroxylation is 1. The molecular weight excluding hydrogens is 454 g/mol. The molecule has 2 aromatic rings. The van der Waals surface area contributed by atoms with E-state index < -0.39 is 22.1 Å². The molecular formula is C25H31N3O5S. The van der Waals surface area contributed by atoms with Gasteiger partial charge in [0.25, 0.3) is 0 Å². The molecule has 182 valence electrons. The lowest BCUT2D eigenvalue weighted by Gasteiger charge is -2.30. The second-order valence-corrected chi connectivity index (χ2v) is 10.7. The second-order valence-electron chi connectivity index (χ2n) is 8.85. The lowest BCUT2D eigenvalue weighted by Crippen LogP contribution is -2.52. The van der Waals surface area contributed by atoms with Gasteiger partial charge in [-0.25, -0.2) is 8.42 Å². The van der Waals surface area contributed by atoms with Gasteiger partial charge in [0.05, 0.1) is 12.0 Å². The minimum absolute atomic E-state index is 0.196. The van der Waals surface area contributed by atoms with E-state index in [-0.39, 0.29) is 16.7 Å². The van der Waals surface area contributed by atoms with Crippen molar-refractivity contribution in [2.24, 2.45) is 0 Å². The van der Waals surface area contributed by atoms with Crippen LogP contribution in [0.25, 0.3) is 0 Å². The summed E-state index contributed by atoms with van der Waals surface area (Å²) < 4.78 is 33.2. The number of benzene rings is 2. The summed E-state index contributed by atoms with van der Waals surface area (Å²) in [5, 5.41) is 2.92. The molecule has 2 aliphatic heterocycles. The highest BCUT2D eigenvalue weighted by Crippen LogP contribution is 2.30. The smallest absolute Gasteiger partial charge is 0.243 e. The molecule has 0 unspecified atom stereocenters.